The number of carbonyl (C=O) groups is 1. The van der Waals surface area contributed by atoms with E-state index >= 15 is 0 Å². The van der Waals surface area contributed by atoms with Crippen molar-refractivity contribution in [3.8, 4) is 0 Å². The number of benzene rings is 1. The molecule has 2 amide bonds. The molecule has 8 heteroatoms. The van der Waals surface area contributed by atoms with E-state index in [1.54, 1.807) is 0 Å². The van der Waals surface area contributed by atoms with Gasteiger partial charge in [0.1, 0.15) is 12.1 Å². The molecule has 1 heterocycles. The van der Waals surface area contributed by atoms with E-state index < -0.39 is 17.8 Å². The number of hydrogen-bond acceptors (Lipinski definition) is 3. The third-order valence-corrected chi connectivity index (χ3v) is 2.53. The van der Waals surface area contributed by atoms with Crippen LogP contribution in [0.2, 0.25) is 0 Å². The maximum atomic E-state index is 12.5. The van der Waals surface area contributed by atoms with Crippen molar-refractivity contribution in [1.29, 1.82) is 0 Å². The average Bonchev–Trinajstić information content (AvgIpc) is 2.48. The standard InChI is InChI=1S/C14H11F3N4O/c15-14(16,17)11-3-1-2-10(8-11)4-7-19-13(22)21-12-5-6-18-9-20-12/h1-9H,(H2,18,19,20,21,22)/b7-4+. The third kappa shape index (κ3) is 4.58. The van der Waals surface area contributed by atoms with Gasteiger partial charge in [-0.2, -0.15) is 13.2 Å². The normalized spacial score (nSPS) is 11.4. The first kappa shape index (κ1) is 15.5. The van der Waals surface area contributed by atoms with Gasteiger partial charge >= 0.3 is 12.2 Å². The molecule has 114 valence electrons. The van der Waals surface area contributed by atoms with Gasteiger partial charge in [0.15, 0.2) is 0 Å². The van der Waals surface area contributed by atoms with Crippen LogP contribution < -0.4 is 10.6 Å². The summed E-state index contributed by atoms with van der Waals surface area (Å²) in [6, 6.07) is 5.68. The molecule has 0 saturated carbocycles. The minimum Gasteiger partial charge on any atom is -0.314 e. The van der Waals surface area contributed by atoms with Crippen LogP contribution in [0.15, 0.2) is 49.1 Å². The summed E-state index contributed by atoms with van der Waals surface area (Å²) in [5.74, 6) is 0.306. The second kappa shape index (κ2) is 6.70. The molecule has 2 N–H and O–H groups in total. The monoisotopic (exact) mass is 308 g/mol. The van der Waals surface area contributed by atoms with Gasteiger partial charge in [-0.25, -0.2) is 14.8 Å². The van der Waals surface area contributed by atoms with Gasteiger partial charge in [-0.3, -0.25) is 5.32 Å². The molecule has 0 atom stereocenters. The van der Waals surface area contributed by atoms with Crippen molar-refractivity contribution >= 4 is 17.9 Å². The van der Waals surface area contributed by atoms with E-state index in [0.29, 0.717) is 11.4 Å². The minimum atomic E-state index is -4.40. The zero-order valence-corrected chi connectivity index (χ0v) is 11.1. The van der Waals surface area contributed by atoms with E-state index in [9.17, 15) is 18.0 Å². The first-order valence-corrected chi connectivity index (χ1v) is 6.12. The van der Waals surface area contributed by atoms with Crippen molar-refractivity contribution in [2.45, 2.75) is 6.18 Å². The smallest absolute Gasteiger partial charge is 0.314 e. The second-order valence-electron chi connectivity index (χ2n) is 4.15. The summed E-state index contributed by atoms with van der Waals surface area (Å²) < 4.78 is 37.6. The molecule has 5 nitrogen and oxygen atoms in total. The Morgan fingerprint density at radius 2 is 2.05 bits per heavy atom. The number of nitrogens with zero attached hydrogens (tertiary/aromatic N) is 2. The summed E-state index contributed by atoms with van der Waals surface area (Å²) in [6.07, 6.45) is 0.928. The number of rotatable bonds is 3. The lowest BCUT2D eigenvalue weighted by molar-refractivity contribution is -0.137. The highest BCUT2D eigenvalue weighted by Crippen LogP contribution is 2.29. The van der Waals surface area contributed by atoms with Gasteiger partial charge in [0, 0.05) is 12.4 Å². The Labute approximate surface area is 123 Å². The third-order valence-electron chi connectivity index (χ3n) is 2.53. The molecule has 0 spiro atoms. The Morgan fingerprint density at radius 1 is 1.23 bits per heavy atom. The first-order valence-electron chi connectivity index (χ1n) is 6.12. The number of aromatic nitrogens is 2. The highest BCUT2D eigenvalue weighted by Gasteiger charge is 2.30. The van der Waals surface area contributed by atoms with Gasteiger partial charge in [-0.1, -0.05) is 12.1 Å². The number of amides is 2. The van der Waals surface area contributed by atoms with Gasteiger partial charge in [0.2, 0.25) is 0 Å². The fraction of sp³-hybridized carbons (Fsp3) is 0.0714. The molecule has 1 aromatic heterocycles. The Balaban J connectivity index is 1.94. The Bertz CT molecular complexity index is 671. The van der Waals surface area contributed by atoms with Crippen LogP contribution in [0.3, 0.4) is 0 Å². The fourth-order valence-corrected chi connectivity index (χ4v) is 1.55. The number of anilines is 1. The number of carbonyl (C=O) groups excluding carboxylic acids is 1. The highest BCUT2D eigenvalue weighted by molar-refractivity contribution is 5.89. The molecular weight excluding hydrogens is 297 g/mol. The summed E-state index contributed by atoms with van der Waals surface area (Å²) in [6.45, 7) is 0. The number of hydrogen-bond donors (Lipinski definition) is 2. The number of urea groups is 1. The van der Waals surface area contributed by atoms with Crippen LogP contribution in [0, 0.1) is 0 Å². The molecule has 0 radical (unpaired) electrons. The summed E-state index contributed by atoms with van der Waals surface area (Å²) >= 11 is 0. The topological polar surface area (TPSA) is 66.9 Å². The summed E-state index contributed by atoms with van der Waals surface area (Å²) in [7, 11) is 0. The van der Waals surface area contributed by atoms with Gasteiger partial charge in [-0.15, -0.1) is 0 Å². The molecule has 1 aromatic carbocycles. The average molecular weight is 308 g/mol. The van der Waals surface area contributed by atoms with Crippen molar-refractivity contribution < 1.29 is 18.0 Å². The highest BCUT2D eigenvalue weighted by atomic mass is 19.4. The van der Waals surface area contributed by atoms with Crippen LogP contribution in [0.5, 0.6) is 0 Å². The molecular formula is C14H11F3N4O. The van der Waals surface area contributed by atoms with Gasteiger partial charge in [0.25, 0.3) is 0 Å². The molecule has 2 rings (SSSR count). The quantitative estimate of drug-likeness (QED) is 0.914. The molecule has 0 aliphatic carbocycles. The Kier molecular flexibility index (Phi) is 4.72. The first-order chi connectivity index (χ1) is 10.4. The molecule has 2 aromatic rings. The van der Waals surface area contributed by atoms with Crippen molar-refractivity contribution in [3.63, 3.8) is 0 Å². The molecule has 0 fully saturated rings. The molecule has 0 bridgehead atoms. The van der Waals surface area contributed by atoms with Crippen LogP contribution in [0.1, 0.15) is 11.1 Å². The van der Waals surface area contributed by atoms with E-state index in [-0.39, 0.29) is 0 Å². The summed E-state index contributed by atoms with van der Waals surface area (Å²) in [4.78, 5) is 19.0. The maximum Gasteiger partial charge on any atom is 0.416 e. The lowest BCUT2D eigenvalue weighted by Crippen LogP contribution is -2.24. The van der Waals surface area contributed by atoms with Crippen LogP contribution in [0.25, 0.3) is 6.08 Å². The molecule has 0 saturated heterocycles. The molecule has 22 heavy (non-hydrogen) atoms. The SMILES string of the molecule is O=C(N/C=C/c1cccc(C(F)(F)F)c1)Nc1ccncn1. The molecule has 0 aliphatic rings. The fourth-order valence-electron chi connectivity index (χ4n) is 1.55. The maximum absolute atomic E-state index is 12.5. The summed E-state index contributed by atoms with van der Waals surface area (Å²) in [5.41, 5.74) is -0.433. The van der Waals surface area contributed by atoms with E-state index in [1.165, 1.54) is 43.0 Å². The van der Waals surface area contributed by atoms with Crippen LogP contribution in [0.4, 0.5) is 23.8 Å². The lowest BCUT2D eigenvalue weighted by atomic mass is 10.1. The second-order valence-corrected chi connectivity index (χ2v) is 4.15. The minimum absolute atomic E-state index is 0.306. The number of nitrogens with one attached hydrogen (secondary N) is 2. The van der Waals surface area contributed by atoms with Gasteiger partial charge < -0.3 is 5.32 Å². The molecule has 0 unspecified atom stereocenters. The van der Waals surface area contributed by atoms with Gasteiger partial charge in [-0.05, 0) is 29.8 Å². The van der Waals surface area contributed by atoms with E-state index in [0.717, 1.165) is 12.1 Å². The largest absolute Gasteiger partial charge is 0.416 e. The summed E-state index contributed by atoms with van der Waals surface area (Å²) in [5, 5.41) is 4.80. The zero-order valence-electron chi connectivity index (χ0n) is 11.1. The predicted octanol–water partition coefficient (Wildman–Crippen LogP) is 3.29. The number of halogens is 3. The van der Waals surface area contributed by atoms with E-state index in [2.05, 4.69) is 20.6 Å². The van der Waals surface area contributed by atoms with Crippen molar-refractivity contribution in [2.75, 3.05) is 5.32 Å². The number of alkyl halides is 3. The van der Waals surface area contributed by atoms with Gasteiger partial charge in [0.05, 0.1) is 5.56 Å². The Hall–Kier alpha value is -2.90. The van der Waals surface area contributed by atoms with Crippen LogP contribution >= 0.6 is 0 Å². The lowest BCUT2D eigenvalue weighted by Gasteiger charge is -2.06. The van der Waals surface area contributed by atoms with Crippen molar-refractivity contribution in [2.24, 2.45) is 0 Å². The zero-order chi connectivity index (χ0) is 16.0. The predicted molar refractivity (Wildman–Crippen MR) is 74.7 cm³/mol. The van der Waals surface area contributed by atoms with Crippen LogP contribution in [-0.2, 0) is 6.18 Å². The van der Waals surface area contributed by atoms with Crippen molar-refractivity contribution in [3.05, 3.63) is 60.2 Å². The van der Waals surface area contributed by atoms with Crippen LogP contribution in [-0.4, -0.2) is 16.0 Å². The Morgan fingerprint density at radius 3 is 2.73 bits per heavy atom. The van der Waals surface area contributed by atoms with E-state index in [1.807, 2.05) is 0 Å². The molecule has 0 aliphatic heterocycles. The van der Waals surface area contributed by atoms with Crippen molar-refractivity contribution in [1.82, 2.24) is 15.3 Å². The van der Waals surface area contributed by atoms with E-state index in [4.69, 9.17) is 0 Å².